The lowest BCUT2D eigenvalue weighted by atomic mass is 9.71. The summed E-state index contributed by atoms with van der Waals surface area (Å²) in [7, 11) is 0. The van der Waals surface area contributed by atoms with E-state index in [0.717, 1.165) is 6.08 Å². The van der Waals surface area contributed by atoms with Crippen molar-refractivity contribution >= 4 is 11.8 Å². The standard InChI is InChI=1S/C17H21F3O5/c1-9(7-13(22)25-15(24)17(18,19)20)5-6-11-10(2)14(23)12(21)8-16(11,3)4/h5-7,12-13,21-22H,8H2,1-4H3/b6-5+,9-7+. The number of esters is 1. The zero-order chi connectivity index (χ0) is 19.6. The predicted molar refractivity (Wildman–Crippen MR) is 83.2 cm³/mol. The number of carbonyl (C=O) groups is 2. The van der Waals surface area contributed by atoms with Crippen LogP contribution in [0.1, 0.15) is 34.1 Å². The first-order chi connectivity index (χ1) is 11.3. The molecule has 0 fully saturated rings. The molecule has 0 bridgehead atoms. The van der Waals surface area contributed by atoms with E-state index in [4.69, 9.17) is 0 Å². The van der Waals surface area contributed by atoms with E-state index in [9.17, 15) is 33.0 Å². The molecule has 1 rings (SSSR count). The zero-order valence-corrected chi connectivity index (χ0v) is 14.3. The van der Waals surface area contributed by atoms with Gasteiger partial charge in [0.25, 0.3) is 0 Å². The second-order valence-corrected chi connectivity index (χ2v) is 6.54. The number of rotatable bonds is 4. The maximum absolute atomic E-state index is 12.1. The molecule has 0 radical (unpaired) electrons. The second kappa shape index (κ2) is 7.53. The fourth-order valence-corrected chi connectivity index (χ4v) is 2.63. The third-order valence-electron chi connectivity index (χ3n) is 3.89. The van der Waals surface area contributed by atoms with E-state index < -0.39 is 30.0 Å². The van der Waals surface area contributed by atoms with Gasteiger partial charge < -0.3 is 14.9 Å². The van der Waals surface area contributed by atoms with Crippen molar-refractivity contribution in [1.29, 1.82) is 0 Å². The monoisotopic (exact) mass is 362 g/mol. The fraction of sp³-hybridized carbons (Fsp3) is 0.529. The van der Waals surface area contributed by atoms with Crippen LogP contribution in [-0.2, 0) is 14.3 Å². The van der Waals surface area contributed by atoms with Gasteiger partial charge in [-0.2, -0.15) is 13.2 Å². The lowest BCUT2D eigenvalue weighted by molar-refractivity contribution is -0.214. The molecular formula is C17H21F3O5. The molecule has 0 amide bonds. The maximum atomic E-state index is 12.1. The Hall–Kier alpha value is -1.93. The number of hydrogen-bond donors (Lipinski definition) is 2. The Balaban J connectivity index is 2.93. The minimum Gasteiger partial charge on any atom is -0.425 e. The average molecular weight is 362 g/mol. The Morgan fingerprint density at radius 1 is 1.40 bits per heavy atom. The number of halogens is 3. The Morgan fingerprint density at radius 2 is 1.96 bits per heavy atom. The van der Waals surface area contributed by atoms with Gasteiger partial charge in [0.2, 0.25) is 6.29 Å². The van der Waals surface area contributed by atoms with Gasteiger partial charge in [0.1, 0.15) is 6.10 Å². The lowest BCUT2D eigenvalue weighted by Gasteiger charge is -2.34. The molecule has 0 aromatic rings. The third-order valence-corrected chi connectivity index (χ3v) is 3.89. The Kier molecular flexibility index (Phi) is 6.36. The molecule has 1 aliphatic carbocycles. The molecule has 2 unspecified atom stereocenters. The van der Waals surface area contributed by atoms with E-state index in [0.29, 0.717) is 16.7 Å². The van der Waals surface area contributed by atoms with Gasteiger partial charge in [-0.15, -0.1) is 0 Å². The van der Waals surface area contributed by atoms with Gasteiger partial charge in [0.15, 0.2) is 5.78 Å². The molecule has 2 N–H and O–H groups in total. The fourth-order valence-electron chi connectivity index (χ4n) is 2.63. The highest BCUT2D eigenvalue weighted by atomic mass is 19.4. The molecule has 8 heteroatoms. The maximum Gasteiger partial charge on any atom is 0.491 e. The van der Waals surface area contributed by atoms with Crippen LogP contribution in [0.5, 0.6) is 0 Å². The van der Waals surface area contributed by atoms with Crippen molar-refractivity contribution in [2.24, 2.45) is 5.41 Å². The summed E-state index contributed by atoms with van der Waals surface area (Å²) in [4.78, 5) is 22.5. The topological polar surface area (TPSA) is 83.8 Å². The van der Waals surface area contributed by atoms with E-state index in [-0.39, 0.29) is 12.2 Å². The van der Waals surface area contributed by atoms with Crippen molar-refractivity contribution in [2.45, 2.75) is 52.7 Å². The van der Waals surface area contributed by atoms with Crippen LogP contribution in [0.25, 0.3) is 0 Å². The van der Waals surface area contributed by atoms with Gasteiger partial charge in [-0.25, -0.2) is 4.79 Å². The van der Waals surface area contributed by atoms with Crippen LogP contribution in [0, 0.1) is 5.41 Å². The number of ether oxygens (including phenoxy) is 1. The summed E-state index contributed by atoms with van der Waals surface area (Å²) in [6, 6.07) is 0. The Labute approximate surface area is 143 Å². The van der Waals surface area contributed by atoms with Crippen molar-refractivity contribution in [3.05, 3.63) is 34.9 Å². The molecule has 0 heterocycles. The summed E-state index contributed by atoms with van der Waals surface area (Å²) in [5.41, 5.74) is 0.932. The van der Waals surface area contributed by atoms with Gasteiger partial charge in [0.05, 0.1) is 0 Å². The van der Waals surface area contributed by atoms with Crippen molar-refractivity contribution in [3.8, 4) is 0 Å². The van der Waals surface area contributed by atoms with E-state index >= 15 is 0 Å². The Morgan fingerprint density at radius 3 is 2.48 bits per heavy atom. The Bertz CT molecular complexity index is 641. The summed E-state index contributed by atoms with van der Waals surface area (Å²) < 4.78 is 40.0. The molecule has 0 aromatic heterocycles. The summed E-state index contributed by atoms with van der Waals surface area (Å²) in [5, 5.41) is 19.1. The highest BCUT2D eigenvalue weighted by Gasteiger charge is 2.42. The molecular weight excluding hydrogens is 341 g/mol. The SMILES string of the molecule is CC1=C(/C=C/C(C)=C/C(O)OC(=O)C(F)(F)F)C(C)(C)CC(O)C1=O. The van der Waals surface area contributed by atoms with Crippen LogP contribution in [0.3, 0.4) is 0 Å². The predicted octanol–water partition coefficient (Wildman–Crippen LogP) is 2.59. The molecule has 0 saturated heterocycles. The van der Waals surface area contributed by atoms with E-state index in [1.54, 1.807) is 13.0 Å². The first-order valence-electron chi connectivity index (χ1n) is 7.51. The van der Waals surface area contributed by atoms with Gasteiger partial charge >= 0.3 is 12.1 Å². The van der Waals surface area contributed by atoms with Gasteiger partial charge in [0, 0.05) is 0 Å². The van der Waals surface area contributed by atoms with Gasteiger partial charge in [-0.1, -0.05) is 26.0 Å². The zero-order valence-electron chi connectivity index (χ0n) is 14.3. The third kappa shape index (κ3) is 5.54. The normalized spacial score (nSPS) is 23.2. The van der Waals surface area contributed by atoms with Gasteiger partial charge in [-0.3, -0.25) is 4.79 Å². The second-order valence-electron chi connectivity index (χ2n) is 6.54. The molecule has 25 heavy (non-hydrogen) atoms. The summed E-state index contributed by atoms with van der Waals surface area (Å²) >= 11 is 0. The van der Waals surface area contributed by atoms with E-state index in [1.807, 2.05) is 13.8 Å². The van der Waals surface area contributed by atoms with Gasteiger partial charge in [-0.05, 0) is 48.5 Å². The number of alkyl halides is 3. The molecule has 140 valence electrons. The molecule has 0 spiro atoms. The van der Waals surface area contributed by atoms with Crippen LogP contribution in [0.15, 0.2) is 34.9 Å². The van der Waals surface area contributed by atoms with Crippen LogP contribution in [0.4, 0.5) is 13.2 Å². The van der Waals surface area contributed by atoms with Crippen LogP contribution >= 0.6 is 0 Å². The first kappa shape index (κ1) is 21.1. The number of carbonyl (C=O) groups excluding carboxylic acids is 2. The van der Waals surface area contributed by atoms with Crippen molar-refractivity contribution in [2.75, 3.05) is 0 Å². The smallest absolute Gasteiger partial charge is 0.425 e. The molecule has 2 atom stereocenters. The summed E-state index contributed by atoms with van der Waals surface area (Å²) in [5.74, 6) is -2.86. The van der Waals surface area contributed by atoms with Crippen LogP contribution < -0.4 is 0 Å². The molecule has 0 saturated carbocycles. The molecule has 1 aliphatic rings. The van der Waals surface area contributed by atoms with Crippen LogP contribution in [-0.4, -0.2) is 40.5 Å². The number of aliphatic hydroxyl groups excluding tert-OH is 2. The highest BCUT2D eigenvalue weighted by molar-refractivity contribution is 6.00. The average Bonchev–Trinajstić information content (AvgIpc) is 2.42. The first-order valence-corrected chi connectivity index (χ1v) is 7.51. The highest BCUT2D eigenvalue weighted by Crippen LogP contribution is 2.39. The van der Waals surface area contributed by atoms with Crippen molar-refractivity contribution in [3.63, 3.8) is 0 Å². The largest absolute Gasteiger partial charge is 0.491 e. The quantitative estimate of drug-likeness (QED) is 0.456. The number of aliphatic hydroxyl groups is 2. The lowest BCUT2D eigenvalue weighted by Crippen LogP contribution is -2.35. The number of allylic oxidation sites excluding steroid dienone is 4. The van der Waals surface area contributed by atoms with Crippen LogP contribution in [0.2, 0.25) is 0 Å². The minimum atomic E-state index is -5.19. The summed E-state index contributed by atoms with van der Waals surface area (Å²) in [6.07, 6.45) is -4.03. The number of hydrogen-bond acceptors (Lipinski definition) is 5. The molecule has 0 aromatic carbocycles. The summed E-state index contributed by atoms with van der Waals surface area (Å²) in [6.45, 7) is 6.78. The van der Waals surface area contributed by atoms with E-state index in [1.165, 1.54) is 13.0 Å². The van der Waals surface area contributed by atoms with Crippen molar-refractivity contribution in [1.82, 2.24) is 0 Å². The molecule has 0 aliphatic heterocycles. The number of ketones is 1. The van der Waals surface area contributed by atoms with E-state index in [2.05, 4.69) is 4.74 Å². The number of Topliss-reactive ketones (excluding diaryl/α,β-unsaturated/α-hetero) is 1. The minimum absolute atomic E-state index is 0.247. The molecule has 5 nitrogen and oxygen atoms in total. The van der Waals surface area contributed by atoms with Crippen molar-refractivity contribution < 1.29 is 37.7 Å².